The first-order chi connectivity index (χ1) is 11.0. The molecule has 0 bridgehead atoms. The number of carbonyl (C=O) groups is 2. The van der Waals surface area contributed by atoms with Gasteiger partial charge in [-0.05, 0) is 25.1 Å². The first kappa shape index (κ1) is 15.7. The summed E-state index contributed by atoms with van der Waals surface area (Å²) in [5, 5.41) is 5.81. The Morgan fingerprint density at radius 3 is 2.96 bits per heavy atom. The summed E-state index contributed by atoms with van der Waals surface area (Å²) in [6.07, 6.45) is 1.73. The van der Waals surface area contributed by atoms with Crippen LogP contribution in [0.25, 0.3) is 11.6 Å². The van der Waals surface area contributed by atoms with Crippen LogP contribution in [0, 0.1) is 0 Å². The van der Waals surface area contributed by atoms with Gasteiger partial charge >= 0.3 is 0 Å². The number of anilines is 2. The number of fused-ring (bicyclic) bond motifs is 1. The normalized spacial score (nSPS) is 14.7. The smallest absolute Gasteiger partial charge is 0.256 e. The van der Waals surface area contributed by atoms with Crippen molar-refractivity contribution in [3.05, 3.63) is 39.9 Å². The van der Waals surface area contributed by atoms with Gasteiger partial charge in [0, 0.05) is 29.4 Å². The van der Waals surface area contributed by atoms with Crippen molar-refractivity contribution in [1.82, 2.24) is 4.98 Å². The topological polar surface area (TPSA) is 62.3 Å². The van der Waals surface area contributed by atoms with Crippen LogP contribution >= 0.6 is 22.9 Å². The van der Waals surface area contributed by atoms with Crippen LogP contribution in [0.2, 0.25) is 5.02 Å². The van der Waals surface area contributed by atoms with Crippen molar-refractivity contribution in [3.63, 3.8) is 0 Å². The predicted octanol–water partition coefficient (Wildman–Crippen LogP) is 3.66. The lowest BCUT2D eigenvalue weighted by Crippen LogP contribution is -2.27. The number of nitrogens with zero attached hydrogens (tertiary/aromatic N) is 2. The van der Waals surface area contributed by atoms with Gasteiger partial charge in [-0.15, -0.1) is 11.3 Å². The van der Waals surface area contributed by atoms with Crippen LogP contribution in [0.3, 0.4) is 0 Å². The summed E-state index contributed by atoms with van der Waals surface area (Å²) in [7, 11) is 0. The second kappa shape index (κ2) is 6.14. The van der Waals surface area contributed by atoms with Crippen LogP contribution < -0.4 is 10.2 Å². The lowest BCUT2D eigenvalue weighted by molar-refractivity contribution is -0.116. The van der Waals surface area contributed by atoms with Gasteiger partial charge in [0.2, 0.25) is 5.91 Å². The molecule has 0 aliphatic carbocycles. The highest BCUT2D eigenvalue weighted by molar-refractivity contribution is 7.14. The lowest BCUT2D eigenvalue weighted by Gasteiger charge is -2.14. The van der Waals surface area contributed by atoms with E-state index in [4.69, 9.17) is 11.6 Å². The Bertz CT molecular complexity index is 828. The second-order valence-electron chi connectivity index (χ2n) is 5.02. The van der Waals surface area contributed by atoms with E-state index in [1.54, 1.807) is 23.1 Å². The number of nitrogens with one attached hydrogen (secondary N) is 1. The van der Waals surface area contributed by atoms with Crippen molar-refractivity contribution in [3.8, 4) is 0 Å². The van der Waals surface area contributed by atoms with Gasteiger partial charge in [0.05, 0.1) is 17.0 Å². The average molecular weight is 348 g/mol. The number of carbonyl (C=O) groups excluding carboxylic acids is 2. The molecule has 0 fully saturated rings. The van der Waals surface area contributed by atoms with E-state index in [-0.39, 0.29) is 11.8 Å². The molecule has 2 amide bonds. The zero-order valence-corrected chi connectivity index (χ0v) is 14.2. The molecule has 0 radical (unpaired) electrons. The summed E-state index contributed by atoms with van der Waals surface area (Å²) in [4.78, 5) is 29.7. The highest BCUT2D eigenvalue weighted by Crippen LogP contribution is 2.35. The van der Waals surface area contributed by atoms with Crippen molar-refractivity contribution in [2.75, 3.05) is 16.8 Å². The van der Waals surface area contributed by atoms with E-state index in [2.05, 4.69) is 10.3 Å². The zero-order chi connectivity index (χ0) is 16.6. The van der Waals surface area contributed by atoms with Crippen molar-refractivity contribution >= 4 is 57.2 Å². The number of amides is 2. The van der Waals surface area contributed by atoms with Gasteiger partial charge in [-0.3, -0.25) is 14.5 Å². The summed E-state index contributed by atoms with van der Waals surface area (Å²) in [6.45, 7) is 3.96. The third-order valence-corrected chi connectivity index (χ3v) is 4.61. The molecule has 2 heterocycles. The maximum Gasteiger partial charge on any atom is 0.256 e. The Morgan fingerprint density at radius 1 is 1.48 bits per heavy atom. The second-order valence-corrected chi connectivity index (χ2v) is 6.29. The highest BCUT2D eigenvalue weighted by Gasteiger charge is 2.24. The van der Waals surface area contributed by atoms with Gasteiger partial charge in [-0.25, -0.2) is 4.98 Å². The molecule has 1 N–H and O–H groups in total. The van der Waals surface area contributed by atoms with Gasteiger partial charge in [-0.1, -0.05) is 17.7 Å². The summed E-state index contributed by atoms with van der Waals surface area (Å²) < 4.78 is 0. The maximum atomic E-state index is 12.1. The molecule has 1 aliphatic rings. The molecule has 1 aliphatic heterocycles. The van der Waals surface area contributed by atoms with Crippen LogP contribution in [-0.2, 0) is 9.59 Å². The van der Waals surface area contributed by atoms with Crippen LogP contribution in [-0.4, -0.2) is 23.3 Å². The van der Waals surface area contributed by atoms with Crippen LogP contribution in [0.5, 0.6) is 0 Å². The number of hydrogen-bond acceptors (Lipinski definition) is 4. The molecule has 2 aromatic rings. The number of aromatic nitrogens is 1. The third-order valence-electron chi connectivity index (χ3n) is 3.49. The van der Waals surface area contributed by atoms with E-state index in [0.29, 0.717) is 33.7 Å². The molecular formula is C16H14ClN3O2S. The van der Waals surface area contributed by atoms with Gasteiger partial charge in [-0.2, -0.15) is 0 Å². The largest absolute Gasteiger partial charge is 0.321 e. The number of halogens is 1. The summed E-state index contributed by atoms with van der Waals surface area (Å²) in [5.74, 6) is -0.240. The number of hydrogen-bond donors (Lipinski definition) is 1. The Hall–Kier alpha value is -2.18. The quantitative estimate of drug-likeness (QED) is 0.862. The molecule has 0 saturated heterocycles. The SMILES string of the molecule is CCN(C(C)=O)c1nc(/C=C2/C(=O)Nc3cc(Cl)ccc32)cs1. The third kappa shape index (κ3) is 3.00. The molecule has 1 aromatic heterocycles. The molecule has 118 valence electrons. The highest BCUT2D eigenvalue weighted by atomic mass is 35.5. The van der Waals surface area contributed by atoms with Crippen molar-refractivity contribution in [2.45, 2.75) is 13.8 Å². The lowest BCUT2D eigenvalue weighted by atomic mass is 10.1. The predicted molar refractivity (Wildman–Crippen MR) is 93.8 cm³/mol. The fraction of sp³-hybridized carbons (Fsp3) is 0.188. The molecule has 23 heavy (non-hydrogen) atoms. The molecule has 0 unspecified atom stereocenters. The number of benzene rings is 1. The first-order valence-electron chi connectivity index (χ1n) is 7.06. The Labute approximate surface area is 142 Å². The first-order valence-corrected chi connectivity index (χ1v) is 8.32. The molecule has 5 nitrogen and oxygen atoms in total. The van der Waals surface area contributed by atoms with E-state index in [1.165, 1.54) is 18.3 Å². The Morgan fingerprint density at radius 2 is 2.26 bits per heavy atom. The van der Waals surface area contributed by atoms with E-state index in [9.17, 15) is 9.59 Å². The number of rotatable bonds is 3. The fourth-order valence-corrected chi connectivity index (χ4v) is 3.48. The van der Waals surface area contributed by atoms with Gasteiger partial charge in [0.1, 0.15) is 0 Å². The van der Waals surface area contributed by atoms with E-state index >= 15 is 0 Å². The van der Waals surface area contributed by atoms with Crippen molar-refractivity contribution in [2.24, 2.45) is 0 Å². The maximum absolute atomic E-state index is 12.1. The molecule has 0 atom stereocenters. The van der Waals surface area contributed by atoms with Gasteiger partial charge in [0.25, 0.3) is 5.91 Å². The molecule has 0 spiro atoms. The molecule has 0 saturated carbocycles. The van der Waals surface area contributed by atoms with E-state index in [1.807, 2.05) is 18.4 Å². The summed E-state index contributed by atoms with van der Waals surface area (Å²) in [5.41, 5.74) is 2.69. The minimum atomic E-state index is -0.185. The standard InChI is InChI=1S/C16H14ClN3O2S/c1-3-20(9(2)21)16-18-11(8-23-16)7-13-12-5-4-10(17)6-14(12)19-15(13)22/h4-8H,3H2,1-2H3,(H,19,22)/b13-7+. The minimum Gasteiger partial charge on any atom is -0.321 e. The van der Waals surface area contributed by atoms with Crippen LogP contribution in [0.15, 0.2) is 23.6 Å². The van der Waals surface area contributed by atoms with Gasteiger partial charge < -0.3 is 5.32 Å². The number of thiazole rings is 1. The average Bonchev–Trinajstić information content (AvgIpc) is 3.05. The zero-order valence-electron chi connectivity index (χ0n) is 12.6. The van der Waals surface area contributed by atoms with Crippen molar-refractivity contribution in [1.29, 1.82) is 0 Å². The molecule has 3 rings (SSSR count). The Balaban J connectivity index is 1.96. The summed E-state index contributed by atoms with van der Waals surface area (Å²) in [6, 6.07) is 5.27. The minimum absolute atomic E-state index is 0.0559. The van der Waals surface area contributed by atoms with Crippen LogP contribution in [0.4, 0.5) is 10.8 Å². The Kier molecular flexibility index (Phi) is 4.19. The van der Waals surface area contributed by atoms with Crippen LogP contribution in [0.1, 0.15) is 25.1 Å². The van der Waals surface area contributed by atoms with Gasteiger partial charge in [0.15, 0.2) is 5.13 Å². The summed E-state index contributed by atoms with van der Waals surface area (Å²) >= 11 is 7.32. The monoisotopic (exact) mass is 347 g/mol. The molecule has 1 aromatic carbocycles. The van der Waals surface area contributed by atoms with Crippen molar-refractivity contribution < 1.29 is 9.59 Å². The molecule has 7 heteroatoms. The fourth-order valence-electron chi connectivity index (χ4n) is 2.42. The van der Waals surface area contributed by atoms with E-state index < -0.39 is 0 Å². The molecular weight excluding hydrogens is 334 g/mol. The van der Waals surface area contributed by atoms with E-state index in [0.717, 1.165) is 5.56 Å².